The van der Waals surface area contributed by atoms with Crippen molar-refractivity contribution in [2.45, 2.75) is 12.0 Å². The first-order valence-electron chi connectivity index (χ1n) is 4.13. The smallest absolute Gasteiger partial charge is 0.252 e. The van der Waals surface area contributed by atoms with Crippen molar-refractivity contribution in [2.75, 3.05) is 0 Å². The van der Waals surface area contributed by atoms with Crippen LogP contribution in [0, 0.1) is 30.3 Å². The van der Waals surface area contributed by atoms with Gasteiger partial charge in [0, 0.05) is 0 Å². The lowest BCUT2D eigenvalue weighted by atomic mass is 10.3. The predicted molar refractivity (Wildman–Crippen MR) is 45.3 cm³/mol. The van der Waals surface area contributed by atoms with Crippen molar-refractivity contribution in [2.24, 2.45) is 0 Å². The van der Waals surface area contributed by atoms with E-state index < -0.39 is 38.4 Å². The van der Waals surface area contributed by atoms with E-state index in [0.717, 1.165) is 0 Å². The summed E-state index contributed by atoms with van der Waals surface area (Å²) in [6.45, 7) is 0. The highest BCUT2D eigenvalue weighted by atomic mass is 19.4. The molecular formula is C4F3N7O6. The maximum absolute atomic E-state index is 12.1. The van der Waals surface area contributed by atoms with Gasteiger partial charge in [-0.05, 0) is 0 Å². The van der Waals surface area contributed by atoms with Gasteiger partial charge < -0.3 is 0 Å². The monoisotopic (exact) mass is 299 g/mol. The standard InChI is InChI=1S/C4F3N7O6/c5-3(6,7)1-8-10-2(11-9-1)4(12(15)16,13(17)18)14(19)20. The van der Waals surface area contributed by atoms with E-state index in [2.05, 4.69) is 20.4 Å². The van der Waals surface area contributed by atoms with Crippen molar-refractivity contribution in [3.8, 4) is 0 Å². The Labute approximate surface area is 103 Å². The molecule has 0 bridgehead atoms. The Kier molecular flexibility index (Phi) is 3.41. The van der Waals surface area contributed by atoms with Crippen LogP contribution in [-0.4, -0.2) is 35.2 Å². The molecule has 0 radical (unpaired) electrons. The molecule has 0 fully saturated rings. The van der Waals surface area contributed by atoms with Crippen LogP contribution in [0.4, 0.5) is 13.2 Å². The topological polar surface area (TPSA) is 181 Å². The molecule has 0 N–H and O–H groups in total. The summed E-state index contributed by atoms with van der Waals surface area (Å²) in [5.74, 6) is -8.07. The summed E-state index contributed by atoms with van der Waals surface area (Å²) >= 11 is 0. The summed E-state index contributed by atoms with van der Waals surface area (Å²) in [6.07, 6.45) is -5.13. The Morgan fingerprint density at radius 1 is 0.750 bits per heavy atom. The fourth-order valence-electron chi connectivity index (χ4n) is 0.922. The van der Waals surface area contributed by atoms with E-state index in [1.54, 1.807) is 0 Å². The van der Waals surface area contributed by atoms with E-state index >= 15 is 0 Å². The second-order valence-corrected chi connectivity index (χ2v) is 2.95. The molecule has 0 saturated heterocycles. The van der Waals surface area contributed by atoms with Gasteiger partial charge in [-0.2, -0.15) is 13.2 Å². The van der Waals surface area contributed by atoms with E-state index in [4.69, 9.17) is 0 Å². The minimum atomic E-state index is -5.13. The number of nitro groups is 3. The van der Waals surface area contributed by atoms with Crippen LogP contribution < -0.4 is 0 Å². The second kappa shape index (κ2) is 4.55. The highest BCUT2D eigenvalue weighted by molar-refractivity contribution is 4.90. The quantitative estimate of drug-likeness (QED) is 0.388. The van der Waals surface area contributed by atoms with Crippen LogP contribution in [0.5, 0.6) is 0 Å². The summed E-state index contributed by atoms with van der Waals surface area (Å²) in [4.78, 5) is 25.7. The number of hydrogen-bond donors (Lipinski definition) is 0. The average Bonchev–Trinajstić information content (AvgIpc) is 2.27. The molecule has 108 valence electrons. The minimum absolute atomic E-state index is 1.81. The maximum Gasteiger partial charge on any atom is 0.766 e. The molecule has 0 spiro atoms. The number of hydrogen-bond acceptors (Lipinski definition) is 10. The van der Waals surface area contributed by atoms with E-state index in [1.807, 2.05) is 0 Å². The first-order chi connectivity index (χ1) is 9.04. The van der Waals surface area contributed by atoms with Gasteiger partial charge in [-0.1, -0.05) is 0 Å². The van der Waals surface area contributed by atoms with Gasteiger partial charge in [-0.3, -0.25) is 30.3 Å². The van der Waals surface area contributed by atoms with Crippen molar-refractivity contribution in [3.63, 3.8) is 0 Å². The molecule has 1 aromatic heterocycles. The lowest BCUT2D eigenvalue weighted by Crippen LogP contribution is -2.51. The molecule has 1 heterocycles. The minimum Gasteiger partial charge on any atom is -0.252 e. The van der Waals surface area contributed by atoms with Crippen LogP contribution in [0.25, 0.3) is 0 Å². The maximum atomic E-state index is 12.1. The highest BCUT2D eigenvalue weighted by Crippen LogP contribution is 2.26. The fourth-order valence-corrected chi connectivity index (χ4v) is 0.922. The van der Waals surface area contributed by atoms with Gasteiger partial charge in [0.2, 0.25) is 0 Å². The van der Waals surface area contributed by atoms with Crippen molar-refractivity contribution in [1.29, 1.82) is 0 Å². The molecule has 0 aliphatic rings. The molecule has 1 rings (SSSR count). The molecule has 0 aliphatic heterocycles. The van der Waals surface area contributed by atoms with Crippen LogP contribution in [0.15, 0.2) is 0 Å². The molecular weight excluding hydrogens is 299 g/mol. The van der Waals surface area contributed by atoms with Crippen LogP contribution in [-0.2, 0) is 12.0 Å². The molecule has 0 atom stereocenters. The third-order valence-electron chi connectivity index (χ3n) is 1.80. The zero-order valence-corrected chi connectivity index (χ0v) is 8.71. The third-order valence-corrected chi connectivity index (χ3v) is 1.80. The van der Waals surface area contributed by atoms with Gasteiger partial charge >= 0.3 is 17.8 Å². The Balaban J connectivity index is 3.48. The lowest BCUT2D eigenvalue weighted by Gasteiger charge is -2.06. The first-order valence-corrected chi connectivity index (χ1v) is 4.13. The molecule has 0 unspecified atom stereocenters. The van der Waals surface area contributed by atoms with Gasteiger partial charge in [-0.15, -0.1) is 20.4 Å². The van der Waals surface area contributed by atoms with Crippen LogP contribution in [0.1, 0.15) is 11.6 Å². The molecule has 1 aromatic rings. The lowest BCUT2D eigenvalue weighted by molar-refractivity contribution is -0.987. The van der Waals surface area contributed by atoms with Gasteiger partial charge in [0.05, 0.1) is 0 Å². The Bertz CT molecular complexity index is 535. The van der Waals surface area contributed by atoms with Gasteiger partial charge in [0.25, 0.3) is 5.82 Å². The number of halogens is 3. The number of aromatic nitrogens is 4. The number of rotatable bonds is 4. The zero-order chi connectivity index (χ0) is 15.7. The predicted octanol–water partition coefficient (Wildman–Crippen LogP) is -0.774. The van der Waals surface area contributed by atoms with Crippen LogP contribution >= 0.6 is 0 Å². The van der Waals surface area contributed by atoms with E-state index in [9.17, 15) is 43.5 Å². The number of nitrogens with zero attached hydrogens (tertiary/aromatic N) is 7. The van der Waals surface area contributed by atoms with E-state index in [1.165, 1.54) is 0 Å². The fraction of sp³-hybridized carbons (Fsp3) is 0.500. The van der Waals surface area contributed by atoms with Crippen molar-refractivity contribution in [3.05, 3.63) is 42.0 Å². The van der Waals surface area contributed by atoms with Crippen molar-refractivity contribution >= 4 is 0 Å². The Morgan fingerprint density at radius 3 is 1.30 bits per heavy atom. The summed E-state index contributed by atoms with van der Waals surface area (Å²) in [5.41, 5.74) is 0. The van der Waals surface area contributed by atoms with Gasteiger partial charge in [-0.25, -0.2) is 0 Å². The summed E-state index contributed by atoms with van der Waals surface area (Å²) in [7, 11) is 0. The SMILES string of the molecule is O=[N+]([O-])C(c1nnc(C(F)(F)F)nn1)([N+](=O)[O-])[N+](=O)[O-]. The zero-order valence-electron chi connectivity index (χ0n) is 8.71. The molecule has 16 heteroatoms. The second-order valence-electron chi connectivity index (χ2n) is 2.95. The number of alkyl halides is 3. The largest absolute Gasteiger partial charge is 0.766 e. The summed E-state index contributed by atoms with van der Waals surface area (Å²) < 4.78 is 36.3. The average molecular weight is 299 g/mol. The molecule has 0 aromatic carbocycles. The van der Waals surface area contributed by atoms with Gasteiger partial charge in [0.15, 0.2) is 14.8 Å². The first kappa shape index (κ1) is 15.0. The van der Waals surface area contributed by atoms with E-state index in [0.29, 0.717) is 0 Å². The Morgan fingerprint density at radius 2 is 1.05 bits per heavy atom. The van der Waals surface area contributed by atoms with Crippen molar-refractivity contribution < 1.29 is 27.9 Å². The summed E-state index contributed by atoms with van der Waals surface area (Å²) in [6, 6.07) is 0. The normalized spacial score (nSPS) is 11.9. The molecule has 13 nitrogen and oxygen atoms in total. The molecule has 20 heavy (non-hydrogen) atoms. The van der Waals surface area contributed by atoms with Crippen LogP contribution in [0.3, 0.4) is 0 Å². The van der Waals surface area contributed by atoms with Crippen molar-refractivity contribution in [1.82, 2.24) is 20.4 Å². The highest BCUT2D eigenvalue weighted by Gasteiger charge is 2.76. The molecule has 0 saturated carbocycles. The third kappa shape index (κ3) is 2.12. The molecule has 0 amide bonds. The Hall–Kier alpha value is -3.07. The van der Waals surface area contributed by atoms with Crippen LogP contribution in [0.2, 0.25) is 0 Å². The summed E-state index contributed by atoms with van der Waals surface area (Å²) in [5, 5.41) is 41.1. The van der Waals surface area contributed by atoms with E-state index in [-0.39, 0.29) is 0 Å². The van der Waals surface area contributed by atoms with Gasteiger partial charge in [0.1, 0.15) is 0 Å². The molecule has 0 aliphatic carbocycles.